The number of pyridine rings is 1. The van der Waals surface area contributed by atoms with E-state index < -0.39 is 4.92 Å². The molecule has 1 saturated heterocycles. The van der Waals surface area contributed by atoms with Crippen LogP contribution in [0.5, 0.6) is 11.5 Å². The molecule has 4 heterocycles. The van der Waals surface area contributed by atoms with Crippen LogP contribution in [0.4, 0.5) is 11.6 Å². The maximum atomic E-state index is 10.8. The van der Waals surface area contributed by atoms with Gasteiger partial charge in [-0.1, -0.05) is 11.6 Å². The second kappa shape index (κ2) is 10.1. The summed E-state index contributed by atoms with van der Waals surface area (Å²) in [5.41, 5.74) is 3.34. The van der Waals surface area contributed by atoms with Gasteiger partial charge >= 0.3 is 5.88 Å². The van der Waals surface area contributed by atoms with E-state index in [-0.39, 0.29) is 5.88 Å². The highest BCUT2D eigenvalue weighted by atomic mass is 35.5. The zero-order valence-corrected chi connectivity index (χ0v) is 20.7. The first-order valence-electron chi connectivity index (χ1n) is 11.6. The fraction of sp³-hybridized carbons (Fsp3) is 0.320. The highest BCUT2D eigenvalue weighted by Gasteiger charge is 2.22. The van der Waals surface area contributed by atoms with Crippen molar-refractivity contribution in [1.29, 1.82) is 0 Å². The van der Waals surface area contributed by atoms with Crippen LogP contribution in [0.3, 0.4) is 0 Å². The van der Waals surface area contributed by atoms with E-state index in [0.29, 0.717) is 34.9 Å². The molecule has 36 heavy (non-hydrogen) atoms. The summed E-state index contributed by atoms with van der Waals surface area (Å²) < 4.78 is 18.1. The second-order valence-electron chi connectivity index (χ2n) is 8.69. The molecule has 10 nitrogen and oxygen atoms in total. The number of methoxy groups -OCH3 is 2. The van der Waals surface area contributed by atoms with Crippen LogP contribution in [0, 0.1) is 10.1 Å². The molecule has 5 rings (SSSR count). The van der Waals surface area contributed by atoms with Gasteiger partial charge in [0, 0.05) is 54.9 Å². The van der Waals surface area contributed by atoms with Gasteiger partial charge in [-0.25, -0.2) is 4.98 Å². The summed E-state index contributed by atoms with van der Waals surface area (Å²) in [5.74, 6) is 1.58. The van der Waals surface area contributed by atoms with E-state index in [4.69, 9.17) is 30.5 Å². The summed E-state index contributed by atoms with van der Waals surface area (Å²) in [5, 5.41) is 14.9. The number of nitrogens with zero attached hydrogens (tertiary/aromatic N) is 4. The van der Waals surface area contributed by atoms with Crippen molar-refractivity contribution >= 4 is 28.8 Å². The first kappa shape index (κ1) is 24.0. The normalized spacial score (nSPS) is 14.8. The summed E-state index contributed by atoms with van der Waals surface area (Å²) in [6.45, 7) is 2.32. The molecule has 1 N–H and O–H groups in total. The number of aromatic nitrogens is 2. The van der Waals surface area contributed by atoms with Crippen LogP contribution >= 0.6 is 11.6 Å². The minimum absolute atomic E-state index is 0.215. The SMILES string of the molecule is COc1cc(OC)c(-c2cn3ccc(NC4CCN(Cc5ccc([N+](=O)[O-])o5)CC4)cc3n2)cc1Cl. The van der Waals surface area contributed by atoms with E-state index in [9.17, 15) is 10.1 Å². The number of anilines is 1. The van der Waals surface area contributed by atoms with Gasteiger partial charge < -0.3 is 23.6 Å². The molecular weight excluding hydrogens is 486 g/mol. The molecule has 0 unspecified atom stereocenters. The lowest BCUT2D eigenvalue weighted by Crippen LogP contribution is -2.38. The Balaban J connectivity index is 1.24. The third-order valence-electron chi connectivity index (χ3n) is 6.38. The van der Waals surface area contributed by atoms with E-state index >= 15 is 0 Å². The van der Waals surface area contributed by atoms with Crippen LogP contribution < -0.4 is 14.8 Å². The molecule has 1 aliphatic rings. The number of hydrogen-bond donors (Lipinski definition) is 1. The number of hydrogen-bond acceptors (Lipinski definition) is 8. The number of furan rings is 1. The maximum Gasteiger partial charge on any atom is 0.433 e. The molecule has 1 aromatic carbocycles. The summed E-state index contributed by atoms with van der Waals surface area (Å²) in [6.07, 6.45) is 5.83. The third-order valence-corrected chi connectivity index (χ3v) is 6.67. The van der Waals surface area contributed by atoms with Gasteiger partial charge in [-0.3, -0.25) is 15.0 Å². The Morgan fingerprint density at radius 1 is 1.17 bits per heavy atom. The number of halogens is 1. The van der Waals surface area contributed by atoms with E-state index in [1.165, 1.54) is 6.07 Å². The fourth-order valence-electron chi connectivity index (χ4n) is 4.50. The molecule has 0 atom stereocenters. The van der Waals surface area contributed by atoms with E-state index in [0.717, 1.165) is 48.5 Å². The van der Waals surface area contributed by atoms with Crippen LogP contribution in [-0.2, 0) is 6.54 Å². The lowest BCUT2D eigenvalue weighted by molar-refractivity contribution is -0.402. The van der Waals surface area contributed by atoms with Gasteiger partial charge in [0.1, 0.15) is 27.8 Å². The summed E-state index contributed by atoms with van der Waals surface area (Å²) >= 11 is 6.35. The first-order chi connectivity index (χ1) is 17.4. The maximum absolute atomic E-state index is 10.8. The standard InChI is InChI=1S/C25H26ClN5O5/c1-34-22-13-23(35-2)20(26)12-19(22)21-15-30-10-7-17(11-24(30)28-21)27-16-5-8-29(9-6-16)14-18-3-4-25(36-18)31(32)33/h3-4,7,10-13,15-16,27H,5-6,8-9,14H2,1-2H3. The average Bonchev–Trinajstić information content (AvgIpc) is 3.52. The van der Waals surface area contributed by atoms with Crippen LogP contribution in [0.25, 0.3) is 16.9 Å². The number of rotatable bonds is 8. The summed E-state index contributed by atoms with van der Waals surface area (Å²) in [6, 6.07) is 11.0. The quantitative estimate of drug-likeness (QED) is 0.252. The molecule has 0 aliphatic carbocycles. The Hall–Kier alpha value is -3.76. The van der Waals surface area contributed by atoms with Gasteiger partial charge in [0.15, 0.2) is 0 Å². The number of nitrogens with one attached hydrogen (secondary N) is 1. The van der Waals surface area contributed by atoms with E-state index in [1.807, 2.05) is 28.9 Å². The van der Waals surface area contributed by atoms with Crippen molar-refractivity contribution in [1.82, 2.24) is 14.3 Å². The predicted molar refractivity (Wildman–Crippen MR) is 136 cm³/mol. The average molecular weight is 512 g/mol. The Bertz CT molecular complexity index is 1390. The van der Waals surface area contributed by atoms with Crippen LogP contribution in [0.1, 0.15) is 18.6 Å². The molecule has 0 saturated carbocycles. The lowest BCUT2D eigenvalue weighted by atomic mass is 10.0. The van der Waals surface area contributed by atoms with Crippen molar-refractivity contribution in [3.8, 4) is 22.8 Å². The molecule has 1 aliphatic heterocycles. The van der Waals surface area contributed by atoms with Gasteiger partial charge in [0.2, 0.25) is 0 Å². The second-order valence-corrected chi connectivity index (χ2v) is 9.09. The van der Waals surface area contributed by atoms with Crippen LogP contribution in [-0.4, -0.2) is 52.6 Å². The number of imidazole rings is 1. The van der Waals surface area contributed by atoms with Crippen molar-refractivity contribution in [3.63, 3.8) is 0 Å². The number of ether oxygens (including phenoxy) is 2. The molecule has 0 spiro atoms. The molecule has 1 fully saturated rings. The number of fused-ring (bicyclic) bond motifs is 1. The van der Waals surface area contributed by atoms with Crippen molar-refractivity contribution in [2.75, 3.05) is 32.6 Å². The number of nitro groups is 1. The Kier molecular flexibility index (Phi) is 6.71. The minimum atomic E-state index is -0.512. The number of benzene rings is 1. The van der Waals surface area contributed by atoms with Crippen molar-refractivity contribution < 1.29 is 18.8 Å². The van der Waals surface area contributed by atoms with E-state index in [2.05, 4.69) is 10.2 Å². The fourth-order valence-corrected chi connectivity index (χ4v) is 4.74. The molecule has 11 heteroatoms. The van der Waals surface area contributed by atoms with Crippen molar-refractivity contribution in [3.05, 3.63) is 69.7 Å². The summed E-state index contributed by atoms with van der Waals surface area (Å²) in [4.78, 5) is 17.3. The highest BCUT2D eigenvalue weighted by Crippen LogP contribution is 2.38. The number of likely N-dealkylation sites (tertiary alicyclic amines) is 1. The number of piperidine rings is 1. The van der Waals surface area contributed by atoms with Crippen molar-refractivity contribution in [2.24, 2.45) is 0 Å². The monoisotopic (exact) mass is 511 g/mol. The largest absolute Gasteiger partial charge is 0.496 e. The Morgan fingerprint density at radius 2 is 1.94 bits per heavy atom. The third kappa shape index (κ3) is 4.95. The molecule has 0 amide bonds. The minimum Gasteiger partial charge on any atom is -0.496 e. The Labute approximate surface area is 212 Å². The summed E-state index contributed by atoms with van der Waals surface area (Å²) in [7, 11) is 3.17. The van der Waals surface area contributed by atoms with Gasteiger partial charge in [0.25, 0.3) is 0 Å². The van der Waals surface area contributed by atoms with Gasteiger partial charge in [-0.05, 0) is 31.0 Å². The van der Waals surface area contributed by atoms with Gasteiger partial charge in [-0.2, -0.15) is 0 Å². The van der Waals surface area contributed by atoms with Gasteiger partial charge in [0.05, 0.1) is 37.5 Å². The Morgan fingerprint density at radius 3 is 2.64 bits per heavy atom. The van der Waals surface area contributed by atoms with Gasteiger partial charge in [-0.15, -0.1) is 0 Å². The predicted octanol–water partition coefficient (Wildman–Crippen LogP) is 5.25. The first-order valence-corrected chi connectivity index (χ1v) is 11.9. The molecular formula is C25H26ClN5O5. The zero-order chi connectivity index (χ0) is 25.2. The molecule has 0 bridgehead atoms. The van der Waals surface area contributed by atoms with E-state index in [1.54, 1.807) is 32.4 Å². The van der Waals surface area contributed by atoms with Crippen molar-refractivity contribution in [2.45, 2.75) is 25.4 Å². The topological polar surface area (TPSA) is 107 Å². The molecule has 188 valence electrons. The zero-order valence-electron chi connectivity index (χ0n) is 19.9. The molecule has 4 aromatic rings. The molecule has 0 radical (unpaired) electrons. The molecule has 3 aromatic heterocycles. The smallest absolute Gasteiger partial charge is 0.433 e. The van der Waals surface area contributed by atoms with Crippen LogP contribution in [0.15, 0.2) is 53.2 Å². The highest BCUT2D eigenvalue weighted by molar-refractivity contribution is 6.32. The van der Waals surface area contributed by atoms with Crippen LogP contribution in [0.2, 0.25) is 5.02 Å². The lowest BCUT2D eigenvalue weighted by Gasteiger charge is -2.32.